The standard InChI is InChI=1S/C27H30O17/c28-6-15-19(33)22(36)24(38)26(43-15)40-7-16-20(34)23(37)25(39)27(44-16)42-14-5-13-17(21(35)18(14)32)11(31)4-12(41-13)8-1-2-9(29)10(30)3-8/h1-5,15-16,19-20,22-30,32-39H,6-7H2/t15?,16?,19-,20+,22-,23-,24?,25?,26+,27+/m0/s1. The van der Waals surface area contributed by atoms with E-state index in [1.54, 1.807) is 0 Å². The second-order valence-corrected chi connectivity index (χ2v) is 10.3. The third kappa shape index (κ3) is 5.73. The number of aliphatic hydroxyl groups excluding tert-OH is 7. The van der Waals surface area contributed by atoms with Crippen LogP contribution in [0.25, 0.3) is 22.3 Å². The Hall–Kier alpha value is -3.75. The molecule has 2 aromatic carbocycles. The summed E-state index contributed by atoms with van der Waals surface area (Å²) < 4.78 is 27.3. The number of ether oxygens (including phenoxy) is 4. The van der Waals surface area contributed by atoms with Crippen molar-refractivity contribution in [3.63, 3.8) is 0 Å². The smallest absolute Gasteiger partial charge is 0.229 e. The monoisotopic (exact) mass is 626 g/mol. The van der Waals surface area contributed by atoms with Crippen molar-refractivity contribution in [2.75, 3.05) is 13.2 Å². The molecular weight excluding hydrogens is 596 g/mol. The van der Waals surface area contributed by atoms with Crippen molar-refractivity contribution in [1.82, 2.24) is 0 Å². The molecule has 11 N–H and O–H groups in total. The van der Waals surface area contributed by atoms with Crippen LogP contribution < -0.4 is 10.2 Å². The van der Waals surface area contributed by atoms with Crippen molar-refractivity contribution in [3.05, 3.63) is 40.6 Å². The van der Waals surface area contributed by atoms with Gasteiger partial charge in [0.2, 0.25) is 12.0 Å². The highest BCUT2D eigenvalue weighted by Crippen LogP contribution is 2.43. The van der Waals surface area contributed by atoms with Crippen LogP contribution in [-0.4, -0.2) is 131 Å². The quantitative estimate of drug-likeness (QED) is 0.119. The third-order valence-corrected chi connectivity index (χ3v) is 7.38. The zero-order chi connectivity index (χ0) is 32.0. The first-order chi connectivity index (χ1) is 20.8. The minimum absolute atomic E-state index is 0.105. The van der Waals surface area contributed by atoms with Gasteiger partial charge in [0.25, 0.3) is 0 Å². The average molecular weight is 627 g/mol. The van der Waals surface area contributed by atoms with Crippen LogP contribution in [0.1, 0.15) is 0 Å². The van der Waals surface area contributed by atoms with Crippen molar-refractivity contribution in [2.45, 2.75) is 61.4 Å². The van der Waals surface area contributed by atoms with Crippen LogP contribution in [0, 0.1) is 0 Å². The number of benzene rings is 2. The zero-order valence-corrected chi connectivity index (χ0v) is 22.4. The summed E-state index contributed by atoms with van der Waals surface area (Å²) in [6.07, 6.45) is -17.1. The molecule has 0 radical (unpaired) electrons. The highest BCUT2D eigenvalue weighted by molar-refractivity contribution is 5.89. The van der Waals surface area contributed by atoms with E-state index >= 15 is 0 Å². The molecule has 44 heavy (non-hydrogen) atoms. The van der Waals surface area contributed by atoms with Gasteiger partial charge in [0, 0.05) is 17.7 Å². The number of phenols is 4. The van der Waals surface area contributed by atoms with E-state index < -0.39 is 114 Å². The lowest BCUT2D eigenvalue weighted by molar-refractivity contribution is -0.323. The van der Waals surface area contributed by atoms with Gasteiger partial charge in [0.15, 0.2) is 34.7 Å². The minimum Gasteiger partial charge on any atom is -0.504 e. The van der Waals surface area contributed by atoms with Gasteiger partial charge >= 0.3 is 0 Å². The second kappa shape index (κ2) is 12.3. The first-order valence-electron chi connectivity index (χ1n) is 13.2. The summed E-state index contributed by atoms with van der Waals surface area (Å²) in [5.74, 6) is -3.55. The maximum Gasteiger partial charge on any atom is 0.229 e. The number of hydrogen-bond donors (Lipinski definition) is 11. The Balaban J connectivity index is 1.39. The number of aliphatic hydroxyl groups is 7. The second-order valence-electron chi connectivity index (χ2n) is 10.3. The molecule has 17 heteroatoms. The van der Waals surface area contributed by atoms with Crippen LogP contribution in [0.15, 0.2) is 39.5 Å². The number of hydrogen-bond acceptors (Lipinski definition) is 17. The van der Waals surface area contributed by atoms with E-state index in [-0.39, 0.29) is 16.9 Å². The lowest BCUT2D eigenvalue weighted by atomic mass is 9.98. The summed E-state index contributed by atoms with van der Waals surface area (Å²) in [6, 6.07) is 5.55. The van der Waals surface area contributed by atoms with Gasteiger partial charge in [-0.15, -0.1) is 0 Å². The molecule has 5 rings (SSSR count). The molecule has 3 heterocycles. The van der Waals surface area contributed by atoms with Crippen LogP contribution in [0.3, 0.4) is 0 Å². The minimum atomic E-state index is -1.94. The molecular formula is C27H30O17. The molecule has 2 aliphatic heterocycles. The molecule has 10 atom stereocenters. The van der Waals surface area contributed by atoms with Crippen LogP contribution in [0.5, 0.6) is 28.7 Å². The summed E-state index contributed by atoms with van der Waals surface area (Å²) >= 11 is 0. The van der Waals surface area contributed by atoms with Crippen LogP contribution in [0.4, 0.5) is 0 Å². The van der Waals surface area contributed by atoms with E-state index in [9.17, 15) is 61.0 Å². The Bertz CT molecular complexity index is 1560. The highest BCUT2D eigenvalue weighted by Gasteiger charge is 2.48. The fourth-order valence-corrected chi connectivity index (χ4v) is 4.85. The molecule has 2 aliphatic rings. The SMILES string of the molecule is O=c1cc(-c2ccc(O)c(O)c2)oc2cc(O[C@@H]3OC(CO[C@@H]4OC(CO)[C@H](O)[C@H](O)C4O)[C@@H](O)[C@H](O)C3O)c(O)c(O)c12. The molecule has 2 saturated heterocycles. The predicted molar refractivity (Wildman–Crippen MR) is 142 cm³/mol. The van der Waals surface area contributed by atoms with Crippen molar-refractivity contribution < 1.29 is 79.5 Å². The van der Waals surface area contributed by atoms with Gasteiger partial charge < -0.3 is 79.5 Å². The molecule has 0 saturated carbocycles. The third-order valence-electron chi connectivity index (χ3n) is 7.38. The lowest BCUT2D eigenvalue weighted by Crippen LogP contribution is -2.62. The summed E-state index contributed by atoms with van der Waals surface area (Å²) in [5.41, 5.74) is -0.954. The Morgan fingerprint density at radius 1 is 0.705 bits per heavy atom. The van der Waals surface area contributed by atoms with Gasteiger partial charge in [0.05, 0.1) is 13.2 Å². The fraction of sp³-hybridized carbons (Fsp3) is 0.444. The molecule has 17 nitrogen and oxygen atoms in total. The molecule has 0 bridgehead atoms. The molecule has 2 fully saturated rings. The van der Waals surface area contributed by atoms with Crippen molar-refractivity contribution >= 4 is 11.0 Å². The maximum atomic E-state index is 12.8. The van der Waals surface area contributed by atoms with Gasteiger partial charge in [-0.1, -0.05) is 0 Å². The number of fused-ring (bicyclic) bond motifs is 1. The summed E-state index contributed by atoms with van der Waals surface area (Å²) in [6.45, 7) is -1.38. The molecule has 0 amide bonds. The van der Waals surface area contributed by atoms with E-state index in [0.29, 0.717) is 0 Å². The van der Waals surface area contributed by atoms with E-state index in [0.717, 1.165) is 24.3 Å². The van der Waals surface area contributed by atoms with Gasteiger partial charge in [0.1, 0.15) is 65.6 Å². The van der Waals surface area contributed by atoms with E-state index in [1.165, 1.54) is 6.07 Å². The van der Waals surface area contributed by atoms with Crippen LogP contribution in [0.2, 0.25) is 0 Å². The maximum absolute atomic E-state index is 12.8. The van der Waals surface area contributed by atoms with Crippen molar-refractivity contribution in [2.24, 2.45) is 0 Å². The van der Waals surface area contributed by atoms with Crippen LogP contribution >= 0.6 is 0 Å². The number of phenolic OH excluding ortho intramolecular Hbond substituents is 4. The number of rotatable bonds is 7. The molecule has 3 aromatic rings. The number of aromatic hydroxyl groups is 4. The van der Waals surface area contributed by atoms with E-state index in [1.807, 2.05) is 0 Å². The lowest BCUT2D eigenvalue weighted by Gasteiger charge is -2.42. The van der Waals surface area contributed by atoms with Gasteiger partial charge in [-0.2, -0.15) is 0 Å². The fourth-order valence-electron chi connectivity index (χ4n) is 4.85. The molecule has 0 aliphatic carbocycles. The molecule has 4 unspecified atom stereocenters. The molecule has 0 spiro atoms. The highest BCUT2D eigenvalue weighted by atomic mass is 16.7. The Morgan fingerprint density at radius 3 is 2.00 bits per heavy atom. The largest absolute Gasteiger partial charge is 0.504 e. The summed E-state index contributed by atoms with van der Waals surface area (Å²) in [5, 5.41) is 111. The van der Waals surface area contributed by atoms with Crippen molar-refractivity contribution in [3.8, 4) is 40.1 Å². The topological polar surface area (TPSA) is 290 Å². The molecule has 1 aromatic heterocycles. The van der Waals surface area contributed by atoms with Gasteiger partial charge in [-0.05, 0) is 18.2 Å². The Kier molecular flexibility index (Phi) is 8.87. The first-order valence-corrected chi connectivity index (χ1v) is 13.2. The normalized spacial score (nSPS) is 32.5. The van der Waals surface area contributed by atoms with Crippen molar-refractivity contribution in [1.29, 1.82) is 0 Å². The molecule has 240 valence electrons. The summed E-state index contributed by atoms with van der Waals surface area (Å²) in [7, 11) is 0. The summed E-state index contributed by atoms with van der Waals surface area (Å²) in [4.78, 5) is 12.8. The van der Waals surface area contributed by atoms with Gasteiger partial charge in [-0.3, -0.25) is 4.79 Å². The van der Waals surface area contributed by atoms with Crippen LogP contribution in [-0.2, 0) is 14.2 Å². The predicted octanol–water partition coefficient (Wildman–Crippen LogP) is -2.71. The Labute approximate surface area is 246 Å². The zero-order valence-electron chi connectivity index (χ0n) is 22.4. The first kappa shape index (κ1) is 31.7. The Morgan fingerprint density at radius 2 is 1.34 bits per heavy atom. The van der Waals surface area contributed by atoms with E-state index in [4.69, 9.17) is 23.4 Å². The van der Waals surface area contributed by atoms with Gasteiger partial charge in [-0.25, -0.2) is 0 Å². The van der Waals surface area contributed by atoms with E-state index in [2.05, 4.69) is 0 Å². The average Bonchev–Trinajstić information content (AvgIpc) is 2.99.